The summed E-state index contributed by atoms with van der Waals surface area (Å²) >= 11 is 0. The fraction of sp³-hybridized carbons (Fsp3) is 0.278. The van der Waals surface area contributed by atoms with Crippen molar-refractivity contribution in [3.05, 3.63) is 59.7 Å². The quantitative estimate of drug-likeness (QED) is 0.873. The van der Waals surface area contributed by atoms with Crippen LogP contribution in [0.2, 0.25) is 0 Å². The molecule has 0 saturated carbocycles. The third kappa shape index (κ3) is 4.81. The summed E-state index contributed by atoms with van der Waals surface area (Å²) < 4.78 is 5.68. The summed E-state index contributed by atoms with van der Waals surface area (Å²) in [4.78, 5) is 12.0. The van der Waals surface area contributed by atoms with Crippen molar-refractivity contribution in [2.75, 3.05) is 5.32 Å². The van der Waals surface area contributed by atoms with E-state index in [0.29, 0.717) is 18.0 Å². The molecular weight excluding hydrogens is 276 g/mol. The Labute approximate surface area is 131 Å². The van der Waals surface area contributed by atoms with Crippen LogP contribution in [0.15, 0.2) is 48.5 Å². The van der Waals surface area contributed by atoms with E-state index in [-0.39, 0.29) is 12.1 Å². The highest BCUT2D eigenvalue weighted by Crippen LogP contribution is 2.24. The topological polar surface area (TPSA) is 50.4 Å². The number of ether oxygens (including phenoxy) is 1. The highest BCUT2D eigenvalue weighted by atomic mass is 16.5. The lowest BCUT2D eigenvalue weighted by molar-refractivity contribution is 0.241. The second kappa shape index (κ2) is 7.50. The number of aryl methyl sites for hydroxylation is 1. The van der Waals surface area contributed by atoms with Crippen molar-refractivity contribution in [2.24, 2.45) is 0 Å². The summed E-state index contributed by atoms with van der Waals surface area (Å²) in [5.41, 5.74) is 2.91. The smallest absolute Gasteiger partial charge is 0.319 e. The van der Waals surface area contributed by atoms with Gasteiger partial charge in [0.05, 0.1) is 11.8 Å². The van der Waals surface area contributed by atoms with Crippen LogP contribution in [-0.4, -0.2) is 12.1 Å². The summed E-state index contributed by atoms with van der Waals surface area (Å²) in [7, 11) is 0. The maximum atomic E-state index is 12.0. The molecule has 22 heavy (non-hydrogen) atoms. The van der Waals surface area contributed by atoms with Crippen molar-refractivity contribution >= 4 is 11.7 Å². The molecule has 2 aromatic carbocycles. The highest BCUT2D eigenvalue weighted by molar-refractivity contribution is 5.90. The third-order valence-electron chi connectivity index (χ3n) is 3.03. The average molecular weight is 298 g/mol. The van der Waals surface area contributed by atoms with Crippen molar-refractivity contribution in [3.63, 3.8) is 0 Å². The van der Waals surface area contributed by atoms with E-state index in [9.17, 15) is 4.79 Å². The van der Waals surface area contributed by atoms with Crippen LogP contribution in [0.25, 0.3) is 0 Å². The zero-order chi connectivity index (χ0) is 15.9. The van der Waals surface area contributed by atoms with Crippen LogP contribution >= 0.6 is 0 Å². The lowest BCUT2D eigenvalue weighted by Crippen LogP contribution is -2.28. The predicted molar refractivity (Wildman–Crippen MR) is 89.2 cm³/mol. The zero-order valence-corrected chi connectivity index (χ0v) is 13.2. The van der Waals surface area contributed by atoms with Gasteiger partial charge in [-0.25, -0.2) is 4.79 Å². The van der Waals surface area contributed by atoms with Gasteiger partial charge in [-0.05, 0) is 38.5 Å². The molecule has 0 heterocycles. The maximum Gasteiger partial charge on any atom is 0.319 e. The molecule has 0 aliphatic carbocycles. The molecule has 2 N–H and O–H groups in total. The van der Waals surface area contributed by atoms with Gasteiger partial charge in [-0.2, -0.15) is 0 Å². The molecule has 116 valence electrons. The van der Waals surface area contributed by atoms with Gasteiger partial charge in [-0.15, -0.1) is 0 Å². The number of rotatable bonds is 5. The van der Waals surface area contributed by atoms with Gasteiger partial charge >= 0.3 is 6.03 Å². The fourth-order valence-electron chi connectivity index (χ4n) is 2.10. The Morgan fingerprint density at radius 3 is 2.64 bits per heavy atom. The minimum Gasteiger partial charge on any atom is -0.489 e. The van der Waals surface area contributed by atoms with Gasteiger partial charge in [0.25, 0.3) is 0 Å². The fourth-order valence-corrected chi connectivity index (χ4v) is 2.10. The Kier molecular flexibility index (Phi) is 5.42. The molecule has 0 saturated heterocycles. The number of hydrogen-bond acceptors (Lipinski definition) is 2. The molecule has 4 heteroatoms. The van der Waals surface area contributed by atoms with E-state index in [1.807, 2.05) is 63.2 Å². The molecule has 0 aromatic heterocycles. The SMILES string of the molecule is Cc1cccc(CNC(=O)Nc2ccccc2OC(C)C)c1. The van der Waals surface area contributed by atoms with E-state index in [1.165, 1.54) is 5.56 Å². The molecular formula is C18H22N2O2. The Bertz CT molecular complexity index is 638. The molecule has 0 unspecified atom stereocenters. The van der Waals surface area contributed by atoms with Crippen LogP contribution in [0.5, 0.6) is 5.75 Å². The van der Waals surface area contributed by atoms with Crippen molar-refractivity contribution in [1.82, 2.24) is 5.32 Å². The highest BCUT2D eigenvalue weighted by Gasteiger charge is 2.08. The number of benzene rings is 2. The van der Waals surface area contributed by atoms with Crippen molar-refractivity contribution < 1.29 is 9.53 Å². The van der Waals surface area contributed by atoms with Gasteiger partial charge in [0.1, 0.15) is 5.75 Å². The van der Waals surface area contributed by atoms with E-state index in [1.54, 1.807) is 0 Å². The molecule has 2 rings (SSSR count). The van der Waals surface area contributed by atoms with Gasteiger partial charge in [0.2, 0.25) is 0 Å². The van der Waals surface area contributed by atoms with Crippen molar-refractivity contribution in [1.29, 1.82) is 0 Å². The molecule has 2 aromatic rings. The lowest BCUT2D eigenvalue weighted by atomic mass is 10.1. The Hall–Kier alpha value is -2.49. The standard InChI is InChI=1S/C18H22N2O2/c1-13(2)22-17-10-5-4-9-16(17)20-18(21)19-12-15-8-6-7-14(3)11-15/h4-11,13H,12H2,1-3H3,(H2,19,20,21). The van der Waals surface area contributed by atoms with Gasteiger partial charge in [0.15, 0.2) is 0 Å². The lowest BCUT2D eigenvalue weighted by Gasteiger charge is -2.15. The van der Waals surface area contributed by atoms with Crippen LogP contribution in [0.4, 0.5) is 10.5 Å². The van der Waals surface area contributed by atoms with E-state index in [0.717, 1.165) is 5.56 Å². The van der Waals surface area contributed by atoms with Crippen LogP contribution in [0, 0.1) is 6.92 Å². The average Bonchev–Trinajstić information content (AvgIpc) is 2.47. The first-order valence-corrected chi connectivity index (χ1v) is 7.40. The summed E-state index contributed by atoms with van der Waals surface area (Å²) in [5, 5.41) is 5.68. The van der Waals surface area contributed by atoms with Gasteiger partial charge in [-0.1, -0.05) is 42.0 Å². The van der Waals surface area contributed by atoms with Gasteiger partial charge in [0, 0.05) is 6.54 Å². The molecule has 0 radical (unpaired) electrons. The summed E-state index contributed by atoms with van der Waals surface area (Å²) in [6.07, 6.45) is 0.0540. The van der Waals surface area contributed by atoms with Crippen LogP contribution in [0.3, 0.4) is 0 Å². The number of amides is 2. The first-order chi connectivity index (χ1) is 10.5. The molecule has 0 spiro atoms. The largest absolute Gasteiger partial charge is 0.489 e. The van der Waals surface area contributed by atoms with Crippen LogP contribution < -0.4 is 15.4 Å². The normalized spacial score (nSPS) is 10.4. The Morgan fingerprint density at radius 1 is 1.14 bits per heavy atom. The van der Waals surface area contributed by atoms with E-state index in [4.69, 9.17) is 4.74 Å². The molecule has 0 fully saturated rings. The molecule has 2 amide bonds. The number of para-hydroxylation sites is 2. The molecule has 0 atom stereocenters. The van der Waals surface area contributed by atoms with E-state index in [2.05, 4.69) is 16.7 Å². The second-order valence-electron chi connectivity index (χ2n) is 5.46. The molecule has 0 aliphatic rings. The maximum absolute atomic E-state index is 12.0. The van der Waals surface area contributed by atoms with Gasteiger partial charge in [-0.3, -0.25) is 0 Å². The van der Waals surface area contributed by atoms with E-state index >= 15 is 0 Å². The number of carbonyl (C=O) groups excluding carboxylic acids is 1. The number of nitrogens with one attached hydrogen (secondary N) is 2. The number of urea groups is 1. The second-order valence-corrected chi connectivity index (χ2v) is 5.46. The molecule has 0 bridgehead atoms. The van der Waals surface area contributed by atoms with Gasteiger partial charge < -0.3 is 15.4 Å². The number of anilines is 1. The monoisotopic (exact) mass is 298 g/mol. The van der Waals surface area contributed by atoms with Crippen molar-refractivity contribution in [3.8, 4) is 5.75 Å². The minimum absolute atomic E-state index is 0.0540. The van der Waals surface area contributed by atoms with Crippen LogP contribution in [-0.2, 0) is 6.54 Å². The Balaban J connectivity index is 1.95. The minimum atomic E-state index is -0.249. The summed E-state index contributed by atoms with van der Waals surface area (Å²) in [6.45, 7) is 6.42. The summed E-state index contributed by atoms with van der Waals surface area (Å²) in [6, 6.07) is 15.2. The number of carbonyl (C=O) groups is 1. The third-order valence-corrected chi connectivity index (χ3v) is 3.03. The van der Waals surface area contributed by atoms with Crippen LogP contribution in [0.1, 0.15) is 25.0 Å². The van der Waals surface area contributed by atoms with Crippen molar-refractivity contribution in [2.45, 2.75) is 33.4 Å². The molecule has 0 aliphatic heterocycles. The predicted octanol–water partition coefficient (Wildman–Crippen LogP) is 4.10. The Morgan fingerprint density at radius 2 is 1.91 bits per heavy atom. The zero-order valence-electron chi connectivity index (χ0n) is 13.2. The first-order valence-electron chi connectivity index (χ1n) is 7.40. The first kappa shape index (κ1) is 15.9. The number of hydrogen-bond donors (Lipinski definition) is 2. The van der Waals surface area contributed by atoms with E-state index < -0.39 is 0 Å². The molecule has 4 nitrogen and oxygen atoms in total. The summed E-state index contributed by atoms with van der Waals surface area (Å²) in [5.74, 6) is 0.670.